The lowest BCUT2D eigenvalue weighted by Crippen LogP contribution is -2.20. The van der Waals surface area contributed by atoms with Crippen LogP contribution in [0.1, 0.15) is 18.2 Å². The van der Waals surface area contributed by atoms with Gasteiger partial charge in [-0.15, -0.1) is 13.2 Å². The van der Waals surface area contributed by atoms with E-state index < -0.39 is 18.2 Å². The fraction of sp³-hybridized carbons (Fsp3) is 0.455. The van der Waals surface area contributed by atoms with Crippen molar-refractivity contribution < 1.29 is 27.4 Å². The van der Waals surface area contributed by atoms with Crippen LogP contribution >= 0.6 is 22.6 Å². The number of hydrogen-bond donors (Lipinski definition) is 0. The average Bonchev–Trinajstić information content (AvgIpc) is 2.23. The molecule has 1 rings (SSSR count). The predicted molar refractivity (Wildman–Crippen MR) is 68.7 cm³/mol. The maximum atomic E-state index is 12.2. The maximum absolute atomic E-state index is 12.2. The van der Waals surface area contributed by atoms with E-state index in [1.807, 2.05) is 0 Å². The van der Waals surface area contributed by atoms with Gasteiger partial charge in [0.05, 0.1) is 22.3 Å². The third-order valence-corrected chi connectivity index (χ3v) is 3.32. The SMILES string of the molecule is CCOC(=O)Cc1cc(C)c(I)c(OC(F)(F)F)n1. The summed E-state index contributed by atoms with van der Waals surface area (Å²) in [4.78, 5) is 15.0. The molecule has 19 heavy (non-hydrogen) atoms. The Morgan fingerprint density at radius 3 is 2.63 bits per heavy atom. The van der Waals surface area contributed by atoms with Crippen molar-refractivity contribution in [2.45, 2.75) is 26.6 Å². The van der Waals surface area contributed by atoms with Crippen molar-refractivity contribution in [3.63, 3.8) is 0 Å². The Balaban J connectivity index is 2.99. The minimum Gasteiger partial charge on any atom is -0.466 e. The fourth-order valence-corrected chi connectivity index (χ4v) is 1.71. The summed E-state index contributed by atoms with van der Waals surface area (Å²) < 4.78 is 45.4. The number of ether oxygens (including phenoxy) is 2. The van der Waals surface area contributed by atoms with E-state index in [9.17, 15) is 18.0 Å². The first-order valence-corrected chi connectivity index (χ1v) is 6.38. The molecule has 0 radical (unpaired) electrons. The molecule has 8 heteroatoms. The molecule has 0 aromatic carbocycles. The zero-order valence-corrected chi connectivity index (χ0v) is 12.3. The van der Waals surface area contributed by atoms with Crippen LogP contribution in [0.2, 0.25) is 0 Å². The number of carbonyl (C=O) groups excluding carboxylic acids is 1. The largest absolute Gasteiger partial charge is 0.574 e. The van der Waals surface area contributed by atoms with Crippen molar-refractivity contribution in [3.8, 4) is 5.88 Å². The van der Waals surface area contributed by atoms with Gasteiger partial charge in [-0.1, -0.05) is 0 Å². The van der Waals surface area contributed by atoms with Crippen LogP contribution in [0, 0.1) is 10.5 Å². The summed E-state index contributed by atoms with van der Waals surface area (Å²) in [6, 6.07) is 1.53. The summed E-state index contributed by atoms with van der Waals surface area (Å²) in [6.07, 6.45) is -5.01. The summed E-state index contributed by atoms with van der Waals surface area (Å²) in [5, 5.41) is 0. The molecule has 0 bridgehead atoms. The molecule has 0 aliphatic carbocycles. The van der Waals surface area contributed by atoms with E-state index in [2.05, 4.69) is 9.72 Å². The number of alkyl halides is 3. The van der Waals surface area contributed by atoms with Crippen molar-refractivity contribution in [2.24, 2.45) is 0 Å². The van der Waals surface area contributed by atoms with Crippen LogP contribution in [0.5, 0.6) is 5.88 Å². The second-order valence-electron chi connectivity index (χ2n) is 3.58. The molecule has 0 atom stereocenters. The van der Waals surface area contributed by atoms with Gasteiger partial charge in [0.25, 0.3) is 0 Å². The molecule has 0 aliphatic heterocycles. The number of halogens is 4. The molecule has 0 saturated heterocycles. The molecule has 0 fully saturated rings. The van der Waals surface area contributed by atoms with Gasteiger partial charge in [-0.05, 0) is 48.1 Å². The molecule has 0 saturated carbocycles. The zero-order valence-electron chi connectivity index (χ0n) is 10.2. The summed E-state index contributed by atoms with van der Waals surface area (Å²) in [5.74, 6) is -1.10. The van der Waals surface area contributed by atoms with E-state index in [0.29, 0.717) is 5.56 Å². The molecule has 0 aliphatic rings. The van der Waals surface area contributed by atoms with Crippen LogP contribution in [-0.4, -0.2) is 23.9 Å². The van der Waals surface area contributed by atoms with Gasteiger partial charge in [0, 0.05) is 0 Å². The summed E-state index contributed by atoms with van der Waals surface area (Å²) in [7, 11) is 0. The van der Waals surface area contributed by atoms with Crippen molar-refractivity contribution in [3.05, 3.63) is 20.9 Å². The van der Waals surface area contributed by atoms with Gasteiger partial charge in [-0.25, -0.2) is 4.98 Å². The molecule has 1 aromatic rings. The van der Waals surface area contributed by atoms with Gasteiger partial charge in [0.15, 0.2) is 0 Å². The lowest BCUT2D eigenvalue weighted by Gasteiger charge is -2.12. The normalized spacial score (nSPS) is 11.3. The van der Waals surface area contributed by atoms with E-state index >= 15 is 0 Å². The highest BCUT2D eigenvalue weighted by molar-refractivity contribution is 14.1. The Kier molecular flexibility index (Phi) is 5.39. The number of esters is 1. The molecule has 1 heterocycles. The van der Waals surface area contributed by atoms with Crippen LogP contribution in [0.25, 0.3) is 0 Å². The molecule has 4 nitrogen and oxygen atoms in total. The second-order valence-corrected chi connectivity index (χ2v) is 4.66. The fourth-order valence-electron chi connectivity index (χ4n) is 1.32. The van der Waals surface area contributed by atoms with Crippen LogP contribution in [0.4, 0.5) is 13.2 Å². The van der Waals surface area contributed by atoms with E-state index in [4.69, 9.17) is 4.74 Å². The molecule has 106 valence electrons. The Bertz CT molecular complexity index is 477. The van der Waals surface area contributed by atoms with Gasteiger partial charge in [-0.3, -0.25) is 4.79 Å². The van der Waals surface area contributed by atoms with Gasteiger partial charge >= 0.3 is 12.3 Å². The number of hydrogen-bond acceptors (Lipinski definition) is 4. The second kappa shape index (κ2) is 6.40. The van der Waals surface area contributed by atoms with E-state index in [1.165, 1.54) is 6.07 Å². The Morgan fingerprint density at radius 1 is 1.47 bits per heavy atom. The predicted octanol–water partition coefficient (Wildman–Crippen LogP) is 3.00. The molecular formula is C11H11F3INO3. The molecule has 1 aromatic heterocycles. The highest BCUT2D eigenvalue weighted by Gasteiger charge is 2.33. The van der Waals surface area contributed by atoms with Crippen LogP contribution in [0.15, 0.2) is 6.07 Å². The van der Waals surface area contributed by atoms with Gasteiger partial charge in [0.1, 0.15) is 0 Å². The number of rotatable bonds is 4. The van der Waals surface area contributed by atoms with Crippen molar-refractivity contribution in [2.75, 3.05) is 6.61 Å². The minimum absolute atomic E-state index is 0.176. The number of pyridine rings is 1. The smallest absolute Gasteiger partial charge is 0.466 e. The standard InChI is InChI=1S/C11H11F3INO3/c1-3-18-8(17)5-7-4-6(2)9(15)10(16-7)19-11(12,13)14/h4H,3,5H2,1-2H3. The quantitative estimate of drug-likeness (QED) is 0.587. The zero-order chi connectivity index (χ0) is 14.6. The molecule has 0 amide bonds. The molecule has 0 spiro atoms. The lowest BCUT2D eigenvalue weighted by molar-refractivity contribution is -0.276. The number of carbonyl (C=O) groups is 1. The highest BCUT2D eigenvalue weighted by Crippen LogP contribution is 2.28. The number of aromatic nitrogens is 1. The van der Waals surface area contributed by atoms with Gasteiger partial charge in [0.2, 0.25) is 5.88 Å². The first kappa shape index (κ1) is 16.0. The molecular weight excluding hydrogens is 378 g/mol. The summed E-state index contributed by atoms with van der Waals surface area (Å²) in [6.45, 7) is 3.46. The molecule has 0 unspecified atom stereocenters. The van der Waals surface area contributed by atoms with Crippen molar-refractivity contribution in [1.82, 2.24) is 4.98 Å². The first-order valence-electron chi connectivity index (χ1n) is 5.30. The van der Waals surface area contributed by atoms with Crippen LogP contribution in [-0.2, 0) is 16.0 Å². The Labute approximate surface area is 121 Å². The van der Waals surface area contributed by atoms with Crippen LogP contribution < -0.4 is 4.74 Å². The lowest BCUT2D eigenvalue weighted by atomic mass is 10.2. The first-order chi connectivity index (χ1) is 8.73. The number of nitrogens with zero attached hydrogens (tertiary/aromatic N) is 1. The topological polar surface area (TPSA) is 48.4 Å². The monoisotopic (exact) mass is 389 g/mol. The van der Waals surface area contributed by atoms with E-state index in [0.717, 1.165) is 0 Å². The molecule has 0 N–H and O–H groups in total. The summed E-state index contributed by atoms with van der Waals surface area (Å²) >= 11 is 1.71. The van der Waals surface area contributed by atoms with Gasteiger partial charge in [-0.2, -0.15) is 0 Å². The third kappa shape index (κ3) is 5.21. The third-order valence-electron chi connectivity index (χ3n) is 2.01. The minimum atomic E-state index is -4.82. The van der Waals surface area contributed by atoms with Crippen molar-refractivity contribution in [1.29, 1.82) is 0 Å². The Morgan fingerprint density at radius 2 is 2.11 bits per heavy atom. The van der Waals surface area contributed by atoms with Gasteiger partial charge < -0.3 is 9.47 Å². The average molecular weight is 389 g/mol. The maximum Gasteiger partial charge on any atom is 0.574 e. The highest BCUT2D eigenvalue weighted by atomic mass is 127. The van der Waals surface area contributed by atoms with Crippen molar-refractivity contribution >= 4 is 28.6 Å². The number of aryl methyl sites for hydroxylation is 1. The van der Waals surface area contributed by atoms with E-state index in [1.54, 1.807) is 36.4 Å². The van der Waals surface area contributed by atoms with Crippen LogP contribution in [0.3, 0.4) is 0 Å². The summed E-state index contributed by atoms with van der Waals surface area (Å²) in [5.41, 5.74) is 0.727. The Hall–Kier alpha value is -1.06. The van der Waals surface area contributed by atoms with E-state index in [-0.39, 0.29) is 22.3 Å².